The second-order valence-corrected chi connectivity index (χ2v) is 19.9. The number of hydrogen-bond acceptors (Lipinski definition) is 4. The molecule has 0 saturated carbocycles. The maximum absolute atomic E-state index is 2.41. The van der Waals surface area contributed by atoms with Gasteiger partial charge < -0.3 is 19.6 Å². The van der Waals surface area contributed by atoms with Gasteiger partial charge in [0.25, 0.3) is 0 Å². The van der Waals surface area contributed by atoms with Gasteiger partial charge >= 0.3 is 0 Å². The predicted molar refractivity (Wildman–Crippen MR) is 312 cm³/mol. The molecule has 0 N–H and O–H groups in total. The van der Waals surface area contributed by atoms with Crippen molar-refractivity contribution in [3.05, 3.63) is 286 Å². The van der Waals surface area contributed by atoms with E-state index in [1.807, 2.05) is 0 Å². The molecule has 0 aliphatic rings. The largest absolute Gasteiger partial charge is 0.310 e. The van der Waals surface area contributed by atoms with E-state index in [0.29, 0.717) is 6.42 Å². The van der Waals surface area contributed by atoms with E-state index in [9.17, 15) is 0 Å². The van der Waals surface area contributed by atoms with Gasteiger partial charge in [-0.25, -0.2) is 0 Å². The molecule has 10 aromatic rings. The molecule has 0 bridgehead atoms. The summed E-state index contributed by atoms with van der Waals surface area (Å²) in [6.07, 6.45) is 0.651. The third-order valence-electron chi connectivity index (χ3n) is 13.7. The van der Waals surface area contributed by atoms with Crippen LogP contribution in [0.3, 0.4) is 0 Å². The molecular formula is C69H64N4. The molecule has 0 atom stereocenters. The van der Waals surface area contributed by atoms with Crippen molar-refractivity contribution < 1.29 is 0 Å². The molecular weight excluding hydrogens is 885 g/mol. The summed E-state index contributed by atoms with van der Waals surface area (Å²) in [4.78, 5) is 9.62. The molecule has 0 radical (unpaired) electrons. The molecule has 0 heterocycles. The van der Waals surface area contributed by atoms with Crippen LogP contribution in [0.4, 0.5) is 68.2 Å². The van der Waals surface area contributed by atoms with Gasteiger partial charge in [-0.2, -0.15) is 0 Å². The standard InChI is InChI=1S/C69H64N4/c1-48-9-25-58(26-10-48)70(59-27-11-49(2)12-28-59)66-42-56(43-67(46-66)71(60-29-13-50(3)14-30-60)61-31-15-51(4)16-32-61)41-57-44-68(72(62-33-17-52(5)18-34-62)63-35-19-53(6)20-36-63)47-69(45-57)73(64-37-21-54(7)22-38-64)65-39-23-55(8)24-40-65/h9-40,42-47H,41H2,1-8H3. The molecule has 0 aromatic heterocycles. The van der Waals surface area contributed by atoms with E-state index in [4.69, 9.17) is 0 Å². The fourth-order valence-electron chi connectivity index (χ4n) is 9.61. The first kappa shape index (κ1) is 48.0. The van der Waals surface area contributed by atoms with Gasteiger partial charge in [0.1, 0.15) is 0 Å². The molecule has 0 spiro atoms. The first-order chi connectivity index (χ1) is 35.4. The highest BCUT2D eigenvalue weighted by molar-refractivity contribution is 5.86. The van der Waals surface area contributed by atoms with Gasteiger partial charge in [0.05, 0.1) is 0 Å². The minimum atomic E-state index is 0.651. The van der Waals surface area contributed by atoms with Crippen molar-refractivity contribution in [1.29, 1.82) is 0 Å². The highest BCUT2D eigenvalue weighted by Crippen LogP contribution is 2.45. The van der Waals surface area contributed by atoms with E-state index in [2.05, 4.69) is 306 Å². The average molecular weight is 949 g/mol. The summed E-state index contributed by atoms with van der Waals surface area (Å²) in [7, 11) is 0. The summed E-state index contributed by atoms with van der Waals surface area (Å²) >= 11 is 0. The third-order valence-corrected chi connectivity index (χ3v) is 13.7. The second-order valence-electron chi connectivity index (χ2n) is 19.9. The lowest BCUT2D eigenvalue weighted by atomic mass is 9.99. The molecule has 10 rings (SSSR count). The van der Waals surface area contributed by atoms with Crippen LogP contribution in [-0.2, 0) is 6.42 Å². The van der Waals surface area contributed by atoms with E-state index in [0.717, 1.165) is 68.2 Å². The quantitative estimate of drug-likeness (QED) is 0.108. The van der Waals surface area contributed by atoms with Crippen molar-refractivity contribution in [2.45, 2.75) is 61.8 Å². The van der Waals surface area contributed by atoms with Crippen LogP contribution in [0.25, 0.3) is 0 Å². The predicted octanol–water partition coefficient (Wildman–Crippen LogP) is 19.6. The van der Waals surface area contributed by atoms with Gasteiger partial charge in [0.2, 0.25) is 0 Å². The minimum absolute atomic E-state index is 0.651. The molecule has 10 aromatic carbocycles. The van der Waals surface area contributed by atoms with Gasteiger partial charge in [-0.3, -0.25) is 0 Å². The summed E-state index contributed by atoms with van der Waals surface area (Å²) in [6.45, 7) is 17.2. The Morgan fingerprint density at radius 2 is 0.315 bits per heavy atom. The zero-order valence-electron chi connectivity index (χ0n) is 43.4. The highest BCUT2D eigenvalue weighted by Gasteiger charge is 2.23. The van der Waals surface area contributed by atoms with Gasteiger partial charge in [0.15, 0.2) is 0 Å². The Bertz CT molecular complexity index is 2810. The Kier molecular flexibility index (Phi) is 13.8. The zero-order chi connectivity index (χ0) is 50.6. The summed E-state index contributed by atoms with van der Waals surface area (Å²) in [5.74, 6) is 0. The highest BCUT2D eigenvalue weighted by atomic mass is 15.2. The van der Waals surface area contributed by atoms with E-state index >= 15 is 0 Å². The van der Waals surface area contributed by atoms with Gasteiger partial charge in [-0.05, 0) is 206 Å². The van der Waals surface area contributed by atoms with Crippen LogP contribution >= 0.6 is 0 Å². The molecule has 4 nitrogen and oxygen atoms in total. The van der Waals surface area contributed by atoms with Crippen LogP contribution in [0.1, 0.15) is 55.6 Å². The van der Waals surface area contributed by atoms with Crippen LogP contribution < -0.4 is 19.6 Å². The minimum Gasteiger partial charge on any atom is -0.310 e. The molecule has 0 aliphatic heterocycles. The van der Waals surface area contributed by atoms with Crippen LogP contribution in [0, 0.1) is 55.4 Å². The van der Waals surface area contributed by atoms with Crippen molar-refractivity contribution in [2.75, 3.05) is 19.6 Å². The number of aryl methyl sites for hydroxylation is 8. The zero-order valence-corrected chi connectivity index (χ0v) is 43.4. The Balaban J connectivity index is 1.23. The Labute approximate surface area is 433 Å². The first-order valence-corrected chi connectivity index (χ1v) is 25.4. The van der Waals surface area contributed by atoms with Crippen LogP contribution in [-0.4, -0.2) is 0 Å². The lowest BCUT2D eigenvalue weighted by Gasteiger charge is -2.31. The van der Waals surface area contributed by atoms with E-state index in [1.165, 1.54) is 55.6 Å². The lowest BCUT2D eigenvalue weighted by Crippen LogP contribution is -2.15. The summed E-state index contributed by atoms with van der Waals surface area (Å²) in [5, 5.41) is 0. The molecule has 360 valence electrons. The number of benzene rings is 10. The number of hydrogen-bond donors (Lipinski definition) is 0. The molecule has 4 heteroatoms. The van der Waals surface area contributed by atoms with Gasteiger partial charge in [-0.1, -0.05) is 142 Å². The monoisotopic (exact) mass is 949 g/mol. The van der Waals surface area contributed by atoms with Crippen molar-refractivity contribution in [3.63, 3.8) is 0 Å². The summed E-state index contributed by atoms with van der Waals surface area (Å²) in [5.41, 5.74) is 25.2. The summed E-state index contributed by atoms with van der Waals surface area (Å²) < 4.78 is 0. The van der Waals surface area contributed by atoms with E-state index < -0.39 is 0 Å². The van der Waals surface area contributed by atoms with Crippen LogP contribution in [0.2, 0.25) is 0 Å². The van der Waals surface area contributed by atoms with Crippen molar-refractivity contribution in [2.24, 2.45) is 0 Å². The Hall–Kier alpha value is -8.60. The van der Waals surface area contributed by atoms with Crippen molar-refractivity contribution in [1.82, 2.24) is 0 Å². The van der Waals surface area contributed by atoms with E-state index in [-0.39, 0.29) is 0 Å². The third kappa shape index (κ3) is 11.0. The fraction of sp³-hybridized carbons (Fsp3) is 0.130. The molecule has 0 unspecified atom stereocenters. The van der Waals surface area contributed by atoms with Crippen molar-refractivity contribution in [3.8, 4) is 0 Å². The number of rotatable bonds is 14. The Morgan fingerprint density at radius 3 is 0.452 bits per heavy atom. The molecule has 0 amide bonds. The molecule has 0 fully saturated rings. The van der Waals surface area contributed by atoms with Crippen LogP contribution in [0.15, 0.2) is 231 Å². The SMILES string of the molecule is Cc1ccc(N(c2ccc(C)cc2)c2cc(Cc3cc(N(c4ccc(C)cc4)c4ccc(C)cc4)cc(N(c4ccc(C)cc4)c4ccc(C)cc4)c3)cc(N(c3ccc(C)cc3)c3ccc(C)cc3)c2)cc1. The maximum Gasteiger partial charge on any atom is 0.0485 e. The smallest absolute Gasteiger partial charge is 0.0485 e. The van der Waals surface area contributed by atoms with E-state index in [1.54, 1.807) is 0 Å². The molecule has 0 saturated heterocycles. The maximum atomic E-state index is 2.41. The van der Waals surface area contributed by atoms with Gasteiger partial charge in [-0.15, -0.1) is 0 Å². The van der Waals surface area contributed by atoms with Gasteiger partial charge in [0, 0.05) is 68.2 Å². The second kappa shape index (κ2) is 21.0. The first-order valence-electron chi connectivity index (χ1n) is 25.4. The summed E-state index contributed by atoms with van der Waals surface area (Å²) in [6, 6.07) is 85.5. The number of nitrogens with zero attached hydrogens (tertiary/aromatic N) is 4. The fourth-order valence-corrected chi connectivity index (χ4v) is 9.61. The molecule has 73 heavy (non-hydrogen) atoms. The average Bonchev–Trinajstić information content (AvgIpc) is 3.39. The van der Waals surface area contributed by atoms with Crippen LogP contribution in [0.5, 0.6) is 0 Å². The normalized spacial score (nSPS) is 11.1. The Morgan fingerprint density at radius 1 is 0.178 bits per heavy atom. The topological polar surface area (TPSA) is 13.0 Å². The number of anilines is 12. The lowest BCUT2D eigenvalue weighted by molar-refractivity contribution is 1.15. The molecule has 0 aliphatic carbocycles. The van der Waals surface area contributed by atoms with Crippen molar-refractivity contribution >= 4 is 68.2 Å².